The molecule has 0 saturated carbocycles. The normalized spacial score (nSPS) is 23.7. The third-order valence-corrected chi connectivity index (χ3v) is 4.48. The predicted molar refractivity (Wildman–Crippen MR) is 78.5 cm³/mol. The fraction of sp³-hybridized carbons (Fsp3) is 0.625. The molecule has 3 rings (SSSR count). The first-order valence-corrected chi connectivity index (χ1v) is 7.50. The molecule has 2 aliphatic heterocycles. The van der Waals surface area contributed by atoms with E-state index >= 15 is 0 Å². The van der Waals surface area contributed by atoms with Gasteiger partial charge in [0.25, 0.3) is 0 Å². The van der Waals surface area contributed by atoms with Crippen LogP contribution in [0, 0.1) is 5.92 Å². The minimum absolute atomic E-state index is 0.537. The molecule has 0 spiro atoms. The lowest BCUT2D eigenvalue weighted by Crippen LogP contribution is -2.33. The molecule has 2 aliphatic rings. The van der Waals surface area contributed by atoms with Gasteiger partial charge in [0.2, 0.25) is 0 Å². The van der Waals surface area contributed by atoms with Crippen LogP contribution in [-0.4, -0.2) is 25.8 Å². The topological polar surface area (TPSA) is 33.3 Å². The van der Waals surface area contributed by atoms with Gasteiger partial charge in [-0.3, -0.25) is 0 Å². The zero-order valence-electron chi connectivity index (χ0n) is 11.7. The van der Waals surface area contributed by atoms with Crippen molar-refractivity contribution in [3.63, 3.8) is 0 Å². The third-order valence-electron chi connectivity index (χ3n) is 4.48. The highest BCUT2D eigenvalue weighted by molar-refractivity contribution is 5.56. The largest absolute Gasteiger partial charge is 0.385 e. The Balaban J connectivity index is 1.63. The van der Waals surface area contributed by atoms with E-state index in [9.17, 15) is 0 Å². The van der Waals surface area contributed by atoms with E-state index in [0.717, 1.165) is 26.3 Å². The molecule has 0 aliphatic carbocycles. The fourth-order valence-electron chi connectivity index (χ4n) is 3.13. The predicted octanol–water partition coefficient (Wildman–Crippen LogP) is 2.56. The second kappa shape index (κ2) is 5.93. The molecule has 2 N–H and O–H groups in total. The molecular weight excluding hydrogens is 236 g/mol. The Morgan fingerprint density at radius 2 is 2.42 bits per heavy atom. The first-order valence-electron chi connectivity index (χ1n) is 7.50. The van der Waals surface area contributed by atoms with E-state index in [0.29, 0.717) is 12.0 Å². The average Bonchev–Trinajstić information content (AvgIpc) is 2.99. The Morgan fingerprint density at radius 3 is 3.26 bits per heavy atom. The average molecular weight is 260 g/mol. The maximum Gasteiger partial charge on any atom is 0.0509 e. The van der Waals surface area contributed by atoms with Crippen LogP contribution in [0.2, 0.25) is 0 Å². The van der Waals surface area contributed by atoms with Crippen molar-refractivity contribution in [1.82, 2.24) is 5.32 Å². The van der Waals surface area contributed by atoms with Crippen LogP contribution in [0.5, 0.6) is 0 Å². The molecule has 1 fully saturated rings. The van der Waals surface area contributed by atoms with Crippen LogP contribution in [-0.2, 0) is 17.7 Å². The van der Waals surface area contributed by atoms with E-state index in [1.165, 1.54) is 36.1 Å². The van der Waals surface area contributed by atoms with Crippen LogP contribution in [0.15, 0.2) is 18.2 Å². The molecule has 0 bridgehead atoms. The first-order chi connectivity index (χ1) is 9.34. The zero-order chi connectivity index (χ0) is 13.1. The third kappa shape index (κ3) is 2.93. The van der Waals surface area contributed by atoms with Crippen LogP contribution in [0.25, 0.3) is 0 Å². The lowest BCUT2D eigenvalue weighted by Gasteiger charge is -2.23. The quantitative estimate of drug-likeness (QED) is 0.873. The summed E-state index contributed by atoms with van der Waals surface area (Å²) in [6.45, 7) is 6.22. The Labute approximate surface area is 115 Å². The second-order valence-corrected chi connectivity index (χ2v) is 5.77. The SMILES string of the molecule is CC(NCc1cccc2c1CCCN2)C1CCOC1. The first kappa shape index (κ1) is 12.9. The van der Waals surface area contributed by atoms with Crippen molar-refractivity contribution in [2.45, 2.75) is 38.8 Å². The molecule has 1 saturated heterocycles. The van der Waals surface area contributed by atoms with Crippen LogP contribution >= 0.6 is 0 Å². The van der Waals surface area contributed by atoms with Gasteiger partial charge in [-0.1, -0.05) is 12.1 Å². The summed E-state index contributed by atoms with van der Waals surface area (Å²) in [6.07, 6.45) is 3.65. The van der Waals surface area contributed by atoms with E-state index in [1.54, 1.807) is 0 Å². The smallest absolute Gasteiger partial charge is 0.0509 e. The molecule has 3 nitrogen and oxygen atoms in total. The van der Waals surface area contributed by atoms with Crippen molar-refractivity contribution in [2.24, 2.45) is 5.92 Å². The molecule has 1 aromatic rings. The van der Waals surface area contributed by atoms with Gasteiger partial charge in [-0.2, -0.15) is 0 Å². The standard InChI is InChI=1S/C16H24N2O/c1-12(14-7-9-19-11-14)18-10-13-4-2-6-16-15(13)5-3-8-17-16/h2,4,6,12,14,17-18H,3,5,7-11H2,1H3. The van der Waals surface area contributed by atoms with Crippen LogP contribution < -0.4 is 10.6 Å². The van der Waals surface area contributed by atoms with Crippen molar-refractivity contribution in [3.05, 3.63) is 29.3 Å². The summed E-state index contributed by atoms with van der Waals surface area (Å²) >= 11 is 0. The molecular formula is C16H24N2O. The number of nitrogens with one attached hydrogen (secondary N) is 2. The number of ether oxygens (including phenoxy) is 1. The van der Waals surface area contributed by atoms with Crippen molar-refractivity contribution < 1.29 is 4.74 Å². The highest BCUT2D eigenvalue weighted by Gasteiger charge is 2.22. The molecule has 2 unspecified atom stereocenters. The van der Waals surface area contributed by atoms with E-state index in [4.69, 9.17) is 4.74 Å². The Bertz CT molecular complexity index is 427. The van der Waals surface area contributed by atoms with Crippen molar-refractivity contribution in [3.8, 4) is 0 Å². The lowest BCUT2D eigenvalue weighted by molar-refractivity contribution is 0.178. The van der Waals surface area contributed by atoms with E-state index < -0.39 is 0 Å². The van der Waals surface area contributed by atoms with Crippen LogP contribution in [0.4, 0.5) is 5.69 Å². The van der Waals surface area contributed by atoms with Gasteiger partial charge in [-0.15, -0.1) is 0 Å². The van der Waals surface area contributed by atoms with Gasteiger partial charge < -0.3 is 15.4 Å². The Hall–Kier alpha value is -1.06. The van der Waals surface area contributed by atoms with E-state index in [2.05, 4.69) is 35.8 Å². The minimum Gasteiger partial charge on any atom is -0.385 e. The van der Waals surface area contributed by atoms with Crippen LogP contribution in [0.1, 0.15) is 30.9 Å². The summed E-state index contributed by atoms with van der Waals surface area (Å²) in [6, 6.07) is 7.16. The highest BCUT2D eigenvalue weighted by Crippen LogP contribution is 2.25. The lowest BCUT2D eigenvalue weighted by atomic mass is 9.96. The van der Waals surface area contributed by atoms with Crippen molar-refractivity contribution >= 4 is 5.69 Å². The zero-order valence-corrected chi connectivity index (χ0v) is 11.7. The number of fused-ring (bicyclic) bond motifs is 1. The van der Waals surface area contributed by atoms with E-state index in [1.807, 2.05) is 0 Å². The Morgan fingerprint density at radius 1 is 1.47 bits per heavy atom. The molecule has 0 amide bonds. The van der Waals surface area contributed by atoms with Gasteiger partial charge in [-0.25, -0.2) is 0 Å². The summed E-state index contributed by atoms with van der Waals surface area (Å²) in [5.41, 5.74) is 4.30. The molecule has 1 aromatic carbocycles. The Kier molecular flexibility index (Phi) is 4.04. The van der Waals surface area contributed by atoms with Gasteiger partial charge in [0, 0.05) is 31.4 Å². The molecule has 19 heavy (non-hydrogen) atoms. The molecule has 3 heteroatoms. The summed E-state index contributed by atoms with van der Waals surface area (Å²) in [4.78, 5) is 0. The number of hydrogen-bond acceptors (Lipinski definition) is 3. The summed E-state index contributed by atoms with van der Waals surface area (Å²) in [5.74, 6) is 0.678. The molecule has 2 heterocycles. The van der Waals surface area contributed by atoms with Gasteiger partial charge in [0.1, 0.15) is 0 Å². The summed E-state index contributed by atoms with van der Waals surface area (Å²) < 4.78 is 5.47. The second-order valence-electron chi connectivity index (χ2n) is 5.77. The van der Waals surface area contributed by atoms with Gasteiger partial charge >= 0.3 is 0 Å². The van der Waals surface area contributed by atoms with Crippen molar-refractivity contribution in [1.29, 1.82) is 0 Å². The summed E-state index contributed by atoms with van der Waals surface area (Å²) in [5, 5.41) is 7.18. The summed E-state index contributed by atoms with van der Waals surface area (Å²) in [7, 11) is 0. The minimum atomic E-state index is 0.537. The molecule has 0 radical (unpaired) electrons. The van der Waals surface area contributed by atoms with Crippen LogP contribution in [0.3, 0.4) is 0 Å². The van der Waals surface area contributed by atoms with Gasteiger partial charge in [0.05, 0.1) is 6.61 Å². The number of anilines is 1. The molecule has 0 aromatic heterocycles. The number of rotatable bonds is 4. The van der Waals surface area contributed by atoms with Crippen molar-refractivity contribution in [2.75, 3.05) is 25.1 Å². The van der Waals surface area contributed by atoms with Gasteiger partial charge in [0.15, 0.2) is 0 Å². The monoisotopic (exact) mass is 260 g/mol. The molecule has 104 valence electrons. The maximum atomic E-state index is 5.47. The number of hydrogen-bond donors (Lipinski definition) is 2. The van der Waals surface area contributed by atoms with Gasteiger partial charge in [-0.05, 0) is 49.3 Å². The maximum absolute atomic E-state index is 5.47. The number of benzene rings is 1. The van der Waals surface area contributed by atoms with E-state index in [-0.39, 0.29) is 0 Å². The fourth-order valence-corrected chi connectivity index (χ4v) is 3.13. The molecule has 2 atom stereocenters. The highest BCUT2D eigenvalue weighted by atomic mass is 16.5.